The Hall–Kier alpha value is -0.550. The molecule has 1 unspecified atom stereocenters. The van der Waals surface area contributed by atoms with Gasteiger partial charge in [-0.1, -0.05) is 39.0 Å². The quantitative estimate of drug-likeness (QED) is 0.727. The van der Waals surface area contributed by atoms with E-state index in [4.69, 9.17) is 4.74 Å². The number of nitriles is 1. The predicted molar refractivity (Wildman–Crippen MR) is 77.7 cm³/mol. The summed E-state index contributed by atoms with van der Waals surface area (Å²) in [5, 5.41) is 9.51. The summed E-state index contributed by atoms with van der Waals surface area (Å²) in [4.78, 5) is 0. The van der Waals surface area contributed by atoms with E-state index in [1.54, 1.807) is 0 Å². The third-order valence-electron chi connectivity index (χ3n) is 5.36. The zero-order valence-corrected chi connectivity index (χ0v) is 12.7. The standard InChI is InChI=1S/C17H29NO/c1-3-14(2)19-17(13-18)11-9-16(10-12-17)15-7-5-4-6-8-15/h14-16H,3-12H2,1-2H3/t14?,16-,17-. The van der Waals surface area contributed by atoms with Gasteiger partial charge in [-0.05, 0) is 50.9 Å². The number of hydrogen-bond acceptors (Lipinski definition) is 2. The van der Waals surface area contributed by atoms with Crippen LogP contribution in [0.1, 0.15) is 78.1 Å². The van der Waals surface area contributed by atoms with Crippen molar-refractivity contribution in [3.8, 4) is 6.07 Å². The molecule has 0 bridgehead atoms. The van der Waals surface area contributed by atoms with Gasteiger partial charge >= 0.3 is 0 Å². The van der Waals surface area contributed by atoms with Crippen molar-refractivity contribution in [3.05, 3.63) is 0 Å². The third kappa shape index (κ3) is 3.72. The van der Waals surface area contributed by atoms with Crippen LogP contribution >= 0.6 is 0 Å². The maximum Gasteiger partial charge on any atom is 0.154 e. The minimum Gasteiger partial charge on any atom is -0.357 e. The molecule has 0 spiro atoms. The average molecular weight is 263 g/mol. The first kappa shape index (κ1) is 14.9. The van der Waals surface area contributed by atoms with E-state index in [1.807, 2.05) is 0 Å². The van der Waals surface area contributed by atoms with Gasteiger partial charge in [0.1, 0.15) is 0 Å². The fraction of sp³-hybridized carbons (Fsp3) is 0.941. The molecule has 2 fully saturated rings. The van der Waals surface area contributed by atoms with Crippen LogP contribution in [0, 0.1) is 23.2 Å². The van der Waals surface area contributed by atoms with Crippen molar-refractivity contribution in [2.45, 2.75) is 89.8 Å². The second kappa shape index (κ2) is 6.75. The highest BCUT2D eigenvalue weighted by atomic mass is 16.5. The van der Waals surface area contributed by atoms with Gasteiger partial charge in [-0.15, -0.1) is 0 Å². The van der Waals surface area contributed by atoms with Crippen LogP contribution in [0.25, 0.3) is 0 Å². The van der Waals surface area contributed by atoms with Crippen molar-refractivity contribution in [3.63, 3.8) is 0 Å². The van der Waals surface area contributed by atoms with Crippen LogP contribution < -0.4 is 0 Å². The van der Waals surface area contributed by atoms with Crippen LogP contribution in [0.4, 0.5) is 0 Å². The maximum atomic E-state index is 9.51. The molecule has 0 heterocycles. The van der Waals surface area contributed by atoms with E-state index in [1.165, 1.54) is 44.9 Å². The third-order valence-corrected chi connectivity index (χ3v) is 5.36. The van der Waals surface area contributed by atoms with Crippen molar-refractivity contribution in [2.24, 2.45) is 11.8 Å². The SMILES string of the molecule is CCC(C)O[C@]1(C#N)CC[C@@H](C2CCCCC2)CC1. The molecule has 0 aromatic rings. The van der Waals surface area contributed by atoms with Gasteiger partial charge in [-0.25, -0.2) is 0 Å². The summed E-state index contributed by atoms with van der Waals surface area (Å²) in [6, 6.07) is 2.48. The number of hydrogen-bond donors (Lipinski definition) is 0. The number of rotatable bonds is 4. The minimum absolute atomic E-state index is 0.214. The highest BCUT2D eigenvalue weighted by molar-refractivity contribution is 5.05. The highest BCUT2D eigenvalue weighted by Gasteiger charge is 2.39. The van der Waals surface area contributed by atoms with Gasteiger partial charge in [0.15, 0.2) is 5.60 Å². The summed E-state index contributed by atoms with van der Waals surface area (Å²) in [7, 11) is 0. The Labute approximate surface area is 118 Å². The predicted octanol–water partition coefficient (Wildman–Crippen LogP) is 4.83. The zero-order chi connectivity index (χ0) is 13.7. The summed E-state index contributed by atoms with van der Waals surface area (Å²) < 4.78 is 6.05. The maximum absolute atomic E-state index is 9.51. The number of ether oxygens (including phenoxy) is 1. The van der Waals surface area contributed by atoms with Crippen LogP contribution in [-0.4, -0.2) is 11.7 Å². The Morgan fingerprint density at radius 2 is 1.68 bits per heavy atom. The Bertz CT molecular complexity index is 306. The van der Waals surface area contributed by atoms with Gasteiger partial charge in [0.2, 0.25) is 0 Å². The van der Waals surface area contributed by atoms with Crippen LogP contribution in [0.3, 0.4) is 0 Å². The summed E-state index contributed by atoms with van der Waals surface area (Å²) in [6.07, 6.45) is 12.7. The van der Waals surface area contributed by atoms with E-state index >= 15 is 0 Å². The molecule has 2 heteroatoms. The second-order valence-corrected chi connectivity index (χ2v) is 6.68. The van der Waals surface area contributed by atoms with Crippen molar-refractivity contribution in [2.75, 3.05) is 0 Å². The first-order valence-corrected chi connectivity index (χ1v) is 8.28. The molecule has 2 aliphatic rings. The zero-order valence-electron chi connectivity index (χ0n) is 12.7. The van der Waals surface area contributed by atoms with E-state index in [9.17, 15) is 5.26 Å². The van der Waals surface area contributed by atoms with E-state index in [2.05, 4.69) is 19.9 Å². The lowest BCUT2D eigenvalue weighted by molar-refractivity contribution is -0.0821. The Morgan fingerprint density at radius 1 is 1.11 bits per heavy atom. The molecule has 0 amide bonds. The van der Waals surface area contributed by atoms with Gasteiger partial charge in [0, 0.05) is 0 Å². The minimum atomic E-state index is -0.472. The molecule has 2 nitrogen and oxygen atoms in total. The van der Waals surface area contributed by atoms with E-state index in [0.717, 1.165) is 31.1 Å². The summed E-state index contributed by atoms with van der Waals surface area (Å²) in [5.41, 5.74) is -0.472. The first-order chi connectivity index (χ1) is 9.19. The Morgan fingerprint density at radius 3 is 2.21 bits per heavy atom. The Balaban J connectivity index is 1.87. The molecule has 0 saturated heterocycles. The van der Waals surface area contributed by atoms with Gasteiger partial charge in [0.05, 0.1) is 12.2 Å². The van der Waals surface area contributed by atoms with Crippen LogP contribution in [-0.2, 0) is 4.74 Å². The fourth-order valence-corrected chi connectivity index (χ4v) is 3.91. The summed E-state index contributed by atoms with van der Waals surface area (Å²) >= 11 is 0. The van der Waals surface area contributed by atoms with Gasteiger partial charge < -0.3 is 4.74 Å². The first-order valence-electron chi connectivity index (χ1n) is 8.28. The molecule has 0 aliphatic heterocycles. The lowest BCUT2D eigenvalue weighted by Gasteiger charge is -2.40. The monoisotopic (exact) mass is 263 g/mol. The molecule has 2 rings (SSSR count). The molecular formula is C17H29NO. The van der Waals surface area contributed by atoms with Crippen LogP contribution in [0.2, 0.25) is 0 Å². The largest absolute Gasteiger partial charge is 0.357 e. The van der Waals surface area contributed by atoms with Crippen molar-refractivity contribution < 1.29 is 4.74 Å². The van der Waals surface area contributed by atoms with Gasteiger partial charge in [-0.3, -0.25) is 0 Å². The van der Waals surface area contributed by atoms with Gasteiger partial charge in [-0.2, -0.15) is 5.26 Å². The van der Waals surface area contributed by atoms with E-state index in [0.29, 0.717) is 0 Å². The average Bonchev–Trinajstić information content (AvgIpc) is 2.48. The molecule has 2 aliphatic carbocycles. The second-order valence-electron chi connectivity index (χ2n) is 6.68. The lowest BCUT2D eigenvalue weighted by atomic mass is 9.70. The van der Waals surface area contributed by atoms with E-state index < -0.39 is 5.60 Å². The number of nitrogens with zero attached hydrogens (tertiary/aromatic N) is 1. The molecule has 0 N–H and O–H groups in total. The summed E-state index contributed by atoms with van der Waals surface area (Å²) in [5.74, 6) is 1.80. The normalized spacial score (nSPS) is 34.7. The topological polar surface area (TPSA) is 33.0 Å². The summed E-state index contributed by atoms with van der Waals surface area (Å²) in [6.45, 7) is 4.22. The molecule has 0 aromatic heterocycles. The van der Waals surface area contributed by atoms with Crippen LogP contribution in [0.5, 0.6) is 0 Å². The van der Waals surface area contributed by atoms with E-state index in [-0.39, 0.29) is 6.10 Å². The molecule has 0 aromatic carbocycles. The molecule has 19 heavy (non-hydrogen) atoms. The molecule has 0 radical (unpaired) electrons. The molecule has 2 saturated carbocycles. The smallest absolute Gasteiger partial charge is 0.154 e. The fourth-order valence-electron chi connectivity index (χ4n) is 3.91. The molecule has 1 atom stereocenters. The lowest BCUT2D eigenvalue weighted by Crippen LogP contribution is -2.39. The van der Waals surface area contributed by atoms with Crippen molar-refractivity contribution >= 4 is 0 Å². The van der Waals surface area contributed by atoms with Crippen molar-refractivity contribution in [1.29, 1.82) is 5.26 Å². The Kier molecular flexibility index (Phi) is 5.28. The molecular weight excluding hydrogens is 234 g/mol. The van der Waals surface area contributed by atoms with Crippen molar-refractivity contribution in [1.82, 2.24) is 0 Å². The highest BCUT2D eigenvalue weighted by Crippen LogP contribution is 2.42. The molecule has 108 valence electrons. The van der Waals surface area contributed by atoms with Gasteiger partial charge in [0.25, 0.3) is 0 Å². The van der Waals surface area contributed by atoms with Crippen LogP contribution in [0.15, 0.2) is 0 Å².